The standard InChI is InChI=1S/C21H25Cl2N3O2/c1-4-15-9-6-8-14(3)20(15)24-18(27)12-26(5-2)13-19(28)25-21-16(22)10-7-11-17(21)23/h6-11H,4-5,12-13H2,1-3H3,(H,24,27)(H,25,28). The lowest BCUT2D eigenvalue weighted by atomic mass is 10.1. The van der Waals surface area contributed by atoms with Crippen LogP contribution in [0, 0.1) is 6.92 Å². The Kier molecular flexibility index (Phi) is 8.30. The van der Waals surface area contributed by atoms with Gasteiger partial charge in [0.15, 0.2) is 0 Å². The van der Waals surface area contributed by atoms with Gasteiger partial charge in [0.05, 0.1) is 28.8 Å². The molecule has 0 aromatic heterocycles. The maximum atomic E-state index is 12.5. The zero-order valence-corrected chi connectivity index (χ0v) is 17.8. The molecule has 0 saturated carbocycles. The van der Waals surface area contributed by atoms with E-state index in [1.165, 1.54) is 0 Å². The summed E-state index contributed by atoms with van der Waals surface area (Å²) in [6.45, 7) is 6.62. The van der Waals surface area contributed by atoms with Crippen molar-refractivity contribution >= 4 is 46.4 Å². The third-order valence-electron chi connectivity index (χ3n) is 4.41. The summed E-state index contributed by atoms with van der Waals surface area (Å²) in [4.78, 5) is 26.7. The fourth-order valence-electron chi connectivity index (χ4n) is 2.86. The number of hydrogen-bond acceptors (Lipinski definition) is 3. The van der Waals surface area contributed by atoms with Crippen LogP contribution in [0.5, 0.6) is 0 Å². The topological polar surface area (TPSA) is 61.4 Å². The molecule has 0 spiro atoms. The maximum Gasteiger partial charge on any atom is 0.238 e. The largest absolute Gasteiger partial charge is 0.324 e. The van der Waals surface area contributed by atoms with Gasteiger partial charge in [0.25, 0.3) is 0 Å². The number of aryl methyl sites for hydroxylation is 2. The molecule has 2 amide bonds. The maximum absolute atomic E-state index is 12.5. The van der Waals surface area contributed by atoms with Gasteiger partial charge in [0.1, 0.15) is 0 Å². The van der Waals surface area contributed by atoms with Gasteiger partial charge in [-0.1, -0.05) is 61.3 Å². The predicted molar refractivity (Wildman–Crippen MR) is 116 cm³/mol. The first kappa shape index (κ1) is 22.2. The number of amides is 2. The molecule has 2 rings (SSSR count). The van der Waals surface area contributed by atoms with Crippen LogP contribution in [0.15, 0.2) is 36.4 Å². The van der Waals surface area contributed by atoms with Gasteiger partial charge in [-0.05, 0) is 43.1 Å². The van der Waals surface area contributed by atoms with E-state index in [1.807, 2.05) is 39.0 Å². The summed E-state index contributed by atoms with van der Waals surface area (Å²) in [5, 5.41) is 6.44. The number of anilines is 2. The highest BCUT2D eigenvalue weighted by atomic mass is 35.5. The van der Waals surface area contributed by atoms with E-state index in [0.29, 0.717) is 22.3 Å². The van der Waals surface area contributed by atoms with E-state index in [1.54, 1.807) is 23.1 Å². The number of nitrogens with one attached hydrogen (secondary N) is 2. The zero-order valence-electron chi connectivity index (χ0n) is 16.3. The molecule has 0 fully saturated rings. The van der Waals surface area contributed by atoms with E-state index in [2.05, 4.69) is 10.6 Å². The van der Waals surface area contributed by atoms with E-state index in [0.717, 1.165) is 23.2 Å². The Morgan fingerprint density at radius 3 is 1.96 bits per heavy atom. The molecule has 0 radical (unpaired) electrons. The molecule has 2 aromatic carbocycles. The quantitative estimate of drug-likeness (QED) is 0.645. The molecule has 2 N–H and O–H groups in total. The van der Waals surface area contributed by atoms with Crippen LogP contribution in [0.25, 0.3) is 0 Å². The predicted octanol–water partition coefficient (Wildman–Crippen LogP) is 4.76. The van der Waals surface area contributed by atoms with Crippen LogP contribution in [-0.4, -0.2) is 36.3 Å². The molecule has 0 unspecified atom stereocenters. The molecule has 0 saturated heterocycles. The van der Waals surface area contributed by atoms with Crippen molar-refractivity contribution in [1.82, 2.24) is 4.90 Å². The van der Waals surface area contributed by atoms with E-state index >= 15 is 0 Å². The third-order valence-corrected chi connectivity index (χ3v) is 5.04. The first-order valence-electron chi connectivity index (χ1n) is 9.20. The van der Waals surface area contributed by atoms with Crippen LogP contribution in [0.3, 0.4) is 0 Å². The summed E-state index contributed by atoms with van der Waals surface area (Å²) in [6, 6.07) is 11.0. The SMILES string of the molecule is CCc1cccc(C)c1NC(=O)CN(CC)CC(=O)Nc1c(Cl)cccc1Cl. The highest BCUT2D eigenvalue weighted by Gasteiger charge is 2.16. The minimum absolute atomic E-state index is 0.0554. The van der Waals surface area contributed by atoms with E-state index < -0.39 is 0 Å². The first-order valence-corrected chi connectivity index (χ1v) is 9.95. The molecular weight excluding hydrogens is 397 g/mol. The van der Waals surface area contributed by atoms with Gasteiger partial charge in [-0.2, -0.15) is 0 Å². The van der Waals surface area contributed by atoms with Crippen molar-refractivity contribution in [3.05, 3.63) is 57.6 Å². The number of carbonyl (C=O) groups excluding carboxylic acids is 2. The summed E-state index contributed by atoms with van der Waals surface area (Å²) in [5.74, 6) is -0.441. The van der Waals surface area contributed by atoms with Crippen LogP contribution >= 0.6 is 23.2 Å². The number of rotatable bonds is 8. The first-order chi connectivity index (χ1) is 13.3. The molecule has 0 heterocycles. The Labute approximate surface area is 176 Å². The van der Waals surface area contributed by atoms with E-state index in [4.69, 9.17) is 23.2 Å². The monoisotopic (exact) mass is 421 g/mol. The van der Waals surface area contributed by atoms with Crippen molar-refractivity contribution in [2.45, 2.75) is 27.2 Å². The molecule has 0 aliphatic carbocycles. The summed E-state index contributed by atoms with van der Waals surface area (Å²) in [6.07, 6.45) is 0.829. The molecule has 150 valence electrons. The number of benzene rings is 2. The van der Waals surface area contributed by atoms with Crippen LogP contribution in [0.2, 0.25) is 10.0 Å². The van der Waals surface area contributed by atoms with E-state index in [9.17, 15) is 9.59 Å². The van der Waals surface area contributed by atoms with Crippen molar-refractivity contribution in [3.63, 3.8) is 0 Å². The third kappa shape index (κ3) is 5.96. The van der Waals surface area contributed by atoms with Gasteiger partial charge in [0.2, 0.25) is 11.8 Å². The molecule has 2 aromatic rings. The van der Waals surface area contributed by atoms with Gasteiger partial charge in [-0.25, -0.2) is 0 Å². The van der Waals surface area contributed by atoms with E-state index in [-0.39, 0.29) is 24.9 Å². The van der Waals surface area contributed by atoms with Crippen molar-refractivity contribution in [2.24, 2.45) is 0 Å². The normalized spacial score (nSPS) is 10.8. The van der Waals surface area contributed by atoms with Gasteiger partial charge < -0.3 is 10.6 Å². The second-order valence-electron chi connectivity index (χ2n) is 6.46. The lowest BCUT2D eigenvalue weighted by Gasteiger charge is -2.21. The second-order valence-corrected chi connectivity index (χ2v) is 7.27. The average Bonchev–Trinajstić information content (AvgIpc) is 2.66. The number of para-hydroxylation sites is 2. The minimum Gasteiger partial charge on any atom is -0.324 e. The lowest BCUT2D eigenvalue weighted by molar-refractivity contribution is -0.119. The minimum atomic E-state index is -0.283. The highest BCUT2D eigenvalue weighted by molar-refractivity contribution is 6.39. The molecule has 28 heavy (non-hydrogen) atoms. The van der Waals surface area contributed by atoms with Gasteiger partial charge in [0, 0.05) is 5.69 Å². The van der Waals surface area contributed by atoms with Crippen LogP contribution < -0.4 is 10.6 Å². The van der Waals surface area contributed by atoms with Gasteiger partial charge in [-0.3, -0.25) is 14.5 Å². The Morgan fingerprint density at radius 1 is 0.893 bits per heavy atom. The Balaban J connectivity index is 1.98. The average molecular weight is 422 g/mol. The fraction of sp³-hybridized carbons (Fsp3) is 0.333. The second kappa shape index (κ2) is 10.5. The van der Waals surface area contributed by atoms with Gasteiger partial charge >= 0.3 is 0 Å². The smallest absolute Gasteiger partial charge is 0.238 e. The number of hydrogen-bond donors (Lipinski definition) is 2. The lowest BCUT2D eigenvalue weighted by Crippen LogP contribution is -2.38. The Hall–Kier alpha value is -2.08. The van der Waals surface area contributed by atoms with Gasteiger partial charge in [-0.15, -0.1) is 0 Å². The molecule has 0 aliphatic heterocycles. The van der Waals surface area contributed by atoms with Crippen LogP contribution in [0.4, 0.5) is 11.4 Å². The van der Waals surface area contributed by atoms with Crippen LogP contribution in [-0.2, 0) is 16.0 Å². The Bertz CT molecular complexity index is 835. The zero-order chi connectivity index (χ0) is 20.7. The number of carbonyl (C=O) groups is 2. The highest BCUT2D eigenvalue weighted by Crippen LogP contribution is 2.29. The molecular formula is C21H25Cl2N3O2. The number of likely N-dealkylation sites (N-methyl/N-ethyl adjacent to an activating group) is 1. The summed E-state index contributed by atoms with van der Waals surface area (Å²) in [7, 11) is 0. The number of halogens is 2. The summed E-state index contributed by atoms with van der Waals surface area (Å²) < 4.78 is 0. The molecule has 0 bridgehead atoms. The van der Waals surface area contributed by atoms with Crippen molar-refractivity contribution in [2.75, 3.05) is 30.3 Å². The number of nitrogens with zero attached hydrogens (tertiary/aromatic N) is 1. The summed E-state index contributed by atoms with van der Waals surface area (Å²) in [5.41, 5.74) is 3.33. The van der Waals surface area contributed by atoms with Crippen molar-refractivity contribution in [1.29, 1.82) is 0 Å². The molecule has 7 heteroatoms. The fourth-order valence-corrected chi connectivity index (χ4v) is 3.35. The molecule has 0 atom stereocenters. The Morgan fingerprint density at radius 2 is 1.43 bits per heavy atom. The van der Waals surface area contributed by atoms with Crippen molar-refractivity contribution < 1.29 is 9.59 Å². The molecule has 0 aliphatic rings. The van der Waals surface area contributed by atoms with Crippen LogP contribution in [0.1, 0.15) is 25.0 Å². The summed E-state index contributed by atoms with van der Waals surface area (Å²) >= 11 is 12.2. The van der Waals surface area contributed by atoms with Crippen molar-refractivity contribution in [3.8, 4) is 0 Å². The molecule has 5 nitrogen and oxygen atoms in total.